The molecule has 0 saturated carbocycles. The number of hydrogen-bond donors (Lipinski definition) is 1. The van der Waals surface area contributed by atoms with Gasteiger partial charge in [-0.2, -0.15) is 0 Å². The molecule has 0 bridgehead atoms. The number of ether oxygens (including phenoxy) is 2. The van der Waals surface area contributed by atoms with Gasteiger partial charge in [-0.3, -0.25) is 14.9 Å². The van der Waals surface area contributed by atoms with Crippen LogP contribution >= 0.6 is 0 Å². The summed E-state index contributed by atoms with van der Waals surface area (Å²) in [4.78, 5) is 47.6. The van der Waals surface area contributed by atoms with Crippen LogP contribution in [0.3, 0.4) is 0 Å². The van der Waals surface area contributed by atoms with Gasteiger partial charge in [-0.15, -0.1) is 0 Å². The number of carbonyl (C=O) groups excluding carboxylic acids is 3. The maximum absolute atomic E-state index is 13.3. The molecule has 11 heteroatoms. The Morgan fingerprint density at radius 1 is 0.882 bits per heavy atom. The Balaban J connectivity index is 1.96. The number of nitro groups is 1. The second-order valence-corrected chi connectivity index (χ2v) is 8.17. The zero-order valence-corrected chi connectivity index (χ0v) is 18.8. The van der Waals surface area contributed by atoms with Gasteiger partial charge >= 0.3 is 11.9 Å². The summed E-state index contributed by atoms with van der Waals surface area (Å²) in [6.07, 6.45) is 0. The monoisotopic (exact) mass is 482 g/mol. The van der Waals surface area contributed by atoms with Gasteiger partial charge in [-0.1, -0.05) is 18.2 Å². The first kappa shape index (κ1) is 24.3. The number of hydrogen-bond acceptors (Lipinski definition) is 8. The standard InChI is InChI=1S/C23H18N2O8S/c1-32-22(27)17-11-10-16(13-18(17)23(28)33-2)34(31)20-9-4-3-8-19(20)24-21(26)14-6-5-7-15(12-14)25(29)30/h3-13H,1-2H3,(H,24,26). The van der Waals surface area contributed by atoms with Crippen LogP contribution in [0.25, 0.3) is 0 Å². The van der Waals surface area contributed by atoms with Crippen molar-refractivity contribution in [3.8, 4) is 0 Å². The third-order valence-corrected chi connectivity index (χ3v) is 6.11. The predicted octanol–water partition coefficient (Wildman–Crippen LogP) is 3.59. The number of amides is 1. The molecule has 3 aromatic rings. The van der Waals surface area contributed by atoms with E-state index in [1.54, 1.807) is 12.1 Å². The van der Waals surface area contributed by atoms with Gasteiger partial charge in [0.2, 0.25) is 0 Å². The van der Waals surface area contributed by atoms with Crippen LogP contribution in [0.1, 0.15) is 31.1 Å². The van der Waals surface area contributed by atoms with Gasteiger partial charge in [0.1, 0.15) is 0 Å². The molecule has 0 aliphatic rings. The zero-order valence-electron chi connectivity index (χ0n) is 18.0. The number of nitrogens with one attached hydrogen (secondary N) is 1. The van der Waals surface area contributed by atoms with Gasteiger partial charge in [0.15, 0.2) is 0 Å². The molecule has 0 aliphatic heterocycles. The Morgan fingerprint density at radius 3 is 2.24 bits per heavy atom. The first-order valence-electron chi connectivity index (χ1n) is 9.64. The summed E-state index contributed by atoms with van der Waals surface area (Å²) in [5.41, 5.74) is -0.176. The molecular formula is C23H18N2O8S. The minimum atomic E-state index is -1.88. The molecule has 174 valence electrons. The van der Waals surface area contributed by atoms with Gasteiger partial charge < -0.3 is 14.8 Å². The first-order chi connectivity index (χ1) is 16.3. The lowest BCUT2D eigenvalue weighted by Crippen LogP contribution is -2.14. The summed E-state index contributed by atoms with van der Waals surface area (Å²) >= 11 is 0. The van der Waals surface area contributed by atoms with E-state index in [0.717, 1.165) is 20.3 Å². The van der Waals surface area contributed by atoms with Crippen molar-refractivity contribution in [1.29, 1.82) is 0 Å². The van der Waals surface area contributed by atoms with Crippen LogP contribution in [0, 0.1) is 10.1 Å². The normalized spacial score (nSPS) is 11.2. The van der Waals surface area contributed by atoms with Crippen LogP contribution in [0.5, 0.6) is 0 Å². The number of carbonyl (C=O) groups is 3. The molecule has 34 heavy (non-hydrogen) atoms. The predicted molar refractivity (Wildman–Crippen MR) is 121 cm³/mol. The molecule has 0 radical (unpaired) electrons. The minimum absolute atomic E-state index is 0.0465. The number of nitro benzene ring substituents is 1. The van der Waals surface area contributed by atoms with E-state index < -0.39 is 33.6 Å². The topological polar surface area (TPSA) is 142 Å². The molecular weight excluding hydrogens is 464 g/mol. The Labute approximate surface area is 196 Å². The van der Waals surface area contributed by atoms with E-state index in [-0.39, 0.29) is 37.9 Å². The third kappa shape index (κ3) is 5.15. The Morgan fingerprint density at radius 2 is 1.56 bits per heavy atom. The summed E-state index contributed by atoms with van der Waals surface area (Å²) < 4.78 is 22.7. The lowest BCUT2D eigenvalue weighted by molar-refractivity contribution is -0.384. The van der Waals surface area contributed by atoms with Gasteiger partial charge in [0.05, 0.1) is 51.7 Å². The fourth-order valence-electron chi connectivity index (χ4n) is 3.02. The van der Waals surface area contributed by atoms with E-state index in [1.165, 1.54) is 48.5 Å². The SMILES string of the molecule is COC(=O)c1ccc(S(=O)c2ccccc2NC(=O)c2cccc([N+](=O)[O-])c2)cc1C(=O)OC. The number of esters is 2. The fourth-order valence-corrected chi connectivity index (χ4v) is 4.21. The second-order valence-electron chi connectivity index (χ2n) is 6.72. The Hall–Kier alpha value is -4.38. The largest absolute Gasteiger partial charge is 0.465 e. The summed E-state index contributed by atoms with van der Waals surface area (Å²) in [6.45, 7) is 0. The number of non-ortho nitro benzene ring substituents is 1. The van der Waals surface area contributed by atoms with Gasteiger partial charge in [-0.05, 0) is 36.4 Å². The maximum atomic E-state index is 13.3. The molecule has 3 aromatic carbocycles. The van der Waals surface area contributed by atoms with Crippen molar-refractivity contribution in [3.05, 3.63) is 93.5 Å². The Bertz CT molecular complexity index is 1320. The van der Waals surface area contributed by atoms with Crippen LogP contribution in [-0.2, 0) is 20.3 Å². The van der Waals surface area contributed by atoms with Gasteiger partial charge in [0, 0.05) is 22.6 Å². The molecule has 0 saturated heterocycles. The number of para-hydroxylation sites is 1. The summed E-state index contributed by atoms with van der Waals surface area (Å²) in [7, 11) is 0.429. The maximum Gasteiger partial charge on any atom is 0.338 e. The molecule has 0 fully saturated rings. The number of rotatable bonds is 7. The molecule has 0 heterocycles. The fraction of sp³-hybridized carbons (Fsp3) is 0.0870. The van der Waals surface area contributed by atoms with Crippen LogP contribution in [0.2, 0.25) is 0 Å². The highest BCUT2D eigenvalue weighted by molar-refractivity contribution is 7.85. The molecule has 0 spiro atoms. The van der Waals surface area contributed by atoms with Gasteiger partial charge in [-0.25, -0.2) is 13.8 Å². The van der Waals surface area contributed by atoms with Crippen LogP contribution < -0.4 is 5.32 Å². The highest BCUT2D eigenvalue weighted by Gasteiger charge is 2.22. The molecule has 1 atom stereocenters. The van der Waals surface area contributed by atoms with Crippen molar-refractivity contribution < 1.29 is 33.0 Å². The van der Waals surface area contributed by atoms with E-state index in [9.17, 15) is 28.7 Å². The average Bonchev–Trinajstić information content (AvgIpc) is 2.87. The quantitative estimate of drug-likeness (QED) is 0.306. The lowest BCUT2D eigenvalue weighted by atomic mass is 10.1. The molecule has 10 nitrogen and oxygen atoms in total. The van der Waals surface area contributed by atoms with Crippen LogP contribution in [0.15, 0.2) is 76.5 Å². The van der Waals surface area contributed by atoms with E-state index in [0.29, 0.717) is 0 Å². The summed E-state index contributed by atoms with van der Waals surface area (Å²) in [5.74, 6) is -2.21. The van der Waals surface area contributed by atoms with Crippen molar-refractivity contribution in [1.82, 2.24) is 0 Å². The van der Waals surface area contributed by atoms with Gasteiger partial charge in [0.25, 0.3) is 11.6 Å². The van der Waals surface area contributed by atoms with Crippen molar-refractivity contribution in [2.45, 2.75) is 9.79 Å². The number of methoxy groups -OCH3 is 2. The molecule has 1 unspecified atom stereocenters. The van der Waals surface area contributed by atoms with E-state index in [2.05, 4.69) is 10.1 Å². The number of anilines is 1. The van der Waals surface area contributed by atoms with E-state index in [1.807, 2.05) is 0 Å². The van der Waals surface area contributed by atoms with E-state index >= 15 is 0 Å². The average molecular weight is 482 g/mol. The van der Waals surface area contributed by atoms with E-state index in [4.69, 9.17) is 4.74 Å². The number of benzene rings is 3. The van der Waals surface area contributed by atoms with Crippen LogP contribution in [0.4, 0.5) is 11.4 Å². The zero-order chi connectivity index (χ0) is 24.8. The van der Waals surface area contributed by atoms with Crippen molar-refractivity contribution in [2.24, 2.45) is 0 Å². The highest BCUT2D eigenvalue weighted by Crippen LogP contribution is 2.27. The molecule has 0 aromatic heterocycles. The van der Waals surface area contributed by atoms with Crippen LogP contribution in [-0.4, -0.2) is 41.2 Å². The minimum Gasteiger partial charge on any atom is -0.465 e. The molecule has 1 N–H and O–H groups in total. The van der Waals surface area contributed by atoms with Crippen molar-refractivity contribution >= 4 is 40.0 Å². The van der Waals surface area contributed by atoms with Crippen molar-refractivity contribution in [2.75, 3.05) is 19.5 Å². The molecule has 3 rings (SSSR count). The lowest BCUT2D eigenvalue weighted by Gasteiger charge is -2.13. The highest BCUT2D eigenvalue weighted by atomic mass is 32.2. The summed E-state index contributed by atoms with van der Waals surface area (Å²) in [5, 5.41) is 13.6. The third-order valence-electron chi connectivity index (χ3n) is 4.67. The molecule has 0 aliphatic carbocycles. The number of nitrogens with zero attached hydrogens (tertiary/aromatic N) is 1. The molecule has 1 amide bonds. The first-order valence-corrected chi connectivity index (χ1v) is 10.8. The second kappa shape index (κ2) is 10.5. The smallest absolute Gasteiger partial charge is 0.338 e. The Kier molecular flexibility index (Phi) is 7.49. The summed E-state index contributed by atoms with van der Waals surface area (Å²) in [6, 6.07) is 15.4. The van der Waals surface area contributed by atoms with Crippen molar-refractivity contribution in [3.63, 3.8) is 0 Å².